The van der Waals surface area contributed by atoms with Crippen LogP contribution in [0.1, 0.15) is 69.4 Å². The molecule has 7 atom stereocenters. The Kier molecular flexibility index (Phi) is 13.2. The first-order chi connectivity index (χ1) is 24.5. The lowest BCUT2D eigenvalue weighted by Gasteiger charge is -2.43. The molecule has 276 valence electrons. The molecule has 3 fully saturated rings. The molecule has 13 heteroatoms. The van der Waals surface area contributed by atoms with Gasteiger partial charge in [0.1, 0.15) is 18.1 Å². The molecule has 4 amide bonds. The molecule has 7 unspecified atom stereocenters. The summed E-state index contributed by atoms with van der Waals surface area (Å²) < 4.78 is 0. The fraction of sp³-hybridized carbons (Fsp3) is 0.553. The summed E-state index contributed by atoms with van der Waals surface area (Å²) in [6.45, 7) is 2.25. The van der Waals surface area contributed by atoms with Gasteiger partial charge in [-0.1, -0.05) is 60.7 Å². The average Bonchev–Trinajstić information content (AvgIpc) is 3.54. The summed E-state index contributed by atoms with van der Waals surface area (Å²) in [5.74, 6) is -2.29. The number of fused-ring (bicyclic) bond motifs is 2. The number of piperidine rings is 1. The van der Waals surface area contributed by atoms with Crippen molar-refractivity contribution in [2.75, 3.05) is 13.1 Å². The van der Waals surface area contributed by atoms with Gasteiger partial charge in [-0.05, 0) is 82.4 Å². The molecule has 51 heavy (non-hydrogen) atoms. The number of nitrogens with one attached hydrogen (secondary N) is 3. The number of benzene rings is 2. The van der Waals surface area contributed by atoms with Crippen LogP contribution >= 0.6 is 0 Å². The van der Waals surface area contributed by atoms with Gasteiger partial charge in [0.05, 0.1) is 12.6 Å². The second-order valence-corrected chi connectivity index (χ2v) is 14.3. The van der Waals surface area contributed by atoms with Crippen molar-refractivity contribution < 1.29 is 29.1 Å². The van der Waals surface area contributed by atoms with Crippen LogP contribution in [0.3, 0.4) is 0 Å². The minimum Gasteiger partial charge on any atom is -0.480 e. The normalized spacial score (nSPS) is 24.5. The molecule has 5 rings (SSSR count). The van der Waals surface area contributed by atoms with Crippen molar-refractivity contribution >= 4 is 29.6 Å². The number of likely N-dealkylation sites (tertiary alicyclic amines) is 1. The molecule has 2 aromatic carbocycles. The van der Waals surface area contributed by atoms with Crippen LogP contribution in [0, 0.1) is 0 Å². The number of unbranched alkanes of at least 4 members (excludes halogenated alkanes) is 1. The Balaban J connectivity index is 1.28. The molecule has 13 nitrogen and oxygen atoms in total. The zero-order valence-electron chi connectivity index (χ0n) is 29.4. The quantitative estimate of drug-likeness (QED) is 0.131. The van der Waals surface area contributed by atoms with Crippen molar-refractivity contribution in [2.24, 2.45) is 11.5 Å². The first-order valence-electron chi connectivity index (χ1n) is 18.3. The monoisotopic (exact) mass is 703 g/mol. The average molecular weight is 704 g/mol. The van der Waals surface area contributed by atoms with Crippen LogP contribution < -0.4 is 27.4 Å². The predicted octanol–water partition coefficient (Wildman–Crippen LogP) is 1.08. The van der Waals surface area contributed by atoms with Crippen molar-refractivity contribution in [1.29, 1.82) is 0 Å². The summed E-state index contributed by atoms with van der Waals surface area (Å²) in [4.78, 5) is 70.5. The third kappa shape index (κ3) is 9.72. The van der Waals surface area contributed by atoms with E-state index in [2.05, 4.69) is 16.0 Å². The Labute approximate surface area is 299 Å². The number of nitrogens with two attached hydrogens (primary N) is 2. The van der Waals surface area contributed by atoms with Crippen LogP contribution in [-0.2, 0) is 36.8 Å². The van der Waals surface area contributed by atoms with Crippen LogP contribution in [0.2, 0.25) is 0 Å². The van der Waals surface area contributed by atoms with Gasteiger partial charge in [-0.2, -0.15) is 0 Å². The van der Waals surface area contributed by atoms with Gasteiger partial charge in [0, 0.05) is 30.6 Å². The van der Waals surface area contributed by atoms with Gasteiger partial charge in [0.25, 0.3) is 0 Å². The number of aliphatic carboxylic acids is 1. The number of carboxylic acids is 1. The molecule has 0 spiro atoms. The molecule has 3 saturated heterocycles. The number of hydrogen-bond donors (Lipinski definition) is 6. The lowest BCUT2D eigenvalue weighted by Crippen LogP contribution is -2.59. The van der Waals surface area contributed by atoms with E-state index in [9.17, 15) is 24.0 Å². The molecular weight excluding hydrogens is 650 g/mol. The van der Waals surface area contributed by atoms with Crippen molar-refractivity contribution in [3.05, 3.63) is 71.8 Å². The second-order valence-electron chi connectivity index (χ2n) is 14.3. The molecular formula is C38H53N7O6. The number of rotatable bonds is 17. The van der Waals surface area contributed by atoms with Gasteiger partial charge >= 0.3 is 5.97 Å². The molecule has 0 saturated carbocycles. The highest BCUT2D eigenvalue weighted by Crippen LogP contribution is 2.38. The number of carboxylic acid groups (broad SMARTS) is 1. The zero-order chi connectivity index (χ0) is 36.5. The Morgan fingerprint density at radius 2 is 1.49 bits per heavy atom. The maximum atomic E-state index is 14.4. The summed E-state index contributed by atoms with van der Waals surface area (Å²) in [6.07, 6.45) is 5.66. The minimum atomic E-state index is -0.979. The van der Waals surface area contributed by atoms with Gasteiger partial charge in [0.2, 0.25) is 23.6 Å². The maximum absolute atomic E-state index is 14.4. The van der Waals surface area contributed by atoms with Gasteiger partial charge in [-0.3, -0.25) is 24.0 Å². The third-order valence-electron chi connectivity index (χ3n) is 10.6. The molecule has 3 aliphatic rings. The predicted molar refractivity (Wildman–Crippen MR) is 192 cm³/mol. The Bertz CT molecular complexity index is 1500. The zero-order valence-corrected chi connectivity index (χ0v) is 29.4. The number of carbonyl (C=O) groups is 5. The Morgan fingerprint density at radius 3 is 2.08 bits per heavy atom. The van der Waals surface area contributed by atoms with E-state index in [-0.39, 0.29) is 48.9 Å². The Hall–Kier alpha value is -4.33. The van der Waals surface area contributed by atoms with Crippen molar-refractivity contribution in [3.63, 3.8) is 0 Å². The number of amides is 4. The largest absolute Gasteiger partial charge is 0.480 e. The van der Waals surface area contributed by atoms with Crippen molar-refractivity contribution in [3.8, 4) is 0 Å². The molecule has 3 aliphatic heterocycles. The fourth-order valence-corrected chi connectivity index (χ4v) is 8.08. The van der Waals surface area contributed by atoms with Crippen LogP contribution in [0.5, 0.6) is 0 Å². The fourth-order valence-electron chi connectivity index (χ4n) is 8.08. The van der Waals surface area contributed by atoms with Crippen LogP contribution in [0.15, 0.2) is 60.7 Å². The lowest BCUT2D eigenvalue weighted by atomic mass is 9.95. The lowest BCUT2D eigenvalue weighted by molar-refractivity contribution is -0.149. The van der Waals surface area contributed by atoms with Crippen molar-refractivity contribution in [1.82, 2.24) is 25.8 Å². The van der Waals surface area contributed by atoms with E-state index >= 15 is 0 Å². The van der Waals surface area contributed by atoms with Gasteiger partial charge in [-0.25, -0.2) is 0 Å². The van der Waals surface area contributed by atoms with E-state index in [4.69, 9.17) is 16.6 Å². The summed E-state index contributed by atoms with van der Waals surface area (Å²) >= 11 is 0. The molecule has 2 bridgehead atoms. The Morgan fingerprint density at radius 1 is 0.882 bits per heavy atom. The first kappa shape index (κ1) is 37.9. The smallest absolute Gasteiger partial charge is 0.317 e. The number of nitrogens with zero attached hydrogens (tertiary/aromatic N) is 2. The van der Waals surface area contributed by atoms with Crippen LogP contribution in [-0.4, -0.2) is 106 Å². The molecule has 0 radical (unpaired) electrons. The number of hydrogen-bond acceptors (Lipinski definition) is 8. The van der Waals surface area contributed by atoms with E-state index in [1.165, 1.54) is 0 Å². The maximum Gasteiger partial charge on any atom is 0.317 e. The van der Waals surface area contributed by atoms with Gasteiger partial charge in [-0.15, -0.1) is 0 Å². The molecule has 2 aromatic rings. The minimum absolute atomic E-state index is 0.0162. The third-order valence-corrected chi connectivity index (χ3v) is 10.6. The molecule has 0 aliphatic carbocycles. The van der Waals surface area contributed by atoms with E-state index in [1.54, 1.807) is 4.90 Å². The standard InChI is InChI=1S/C38H53N7O6/c1-24-18-32(43-36(49)31(20-26-12-6-3-7-13-26)42-35(48)30(40)19-25-10-4-2-5-11-25)37(50)44(24)33(14-8-9-17-39)38(51)45-28-15-16-29(45)22-27(21-28)41-23-34(46)47/h2-7,10-13,24,27-33,41H,8-9,14-23,39-40H2,1H3,(H,42,48)(H,43,49)(H,46,47). The molecule has 8 N–H and O–H groups in total. The summed E-state index contributed by atoms with van der Waals surface area (Å²) in [6, 6.07) is 15.0. The van der Waals surface area contributed by atoms with Crippen LogP contribution in [0.25, 0.3) is 0 Å². The van der Waals surface area contributed by atoms with E-state index in [0.717, 1.165) is 24.0 Å². The molecule has 3 heterocycles. The topological polar surface area (TPSA) is 200 Å². The van der Waals surface area contributed by atoms with E-state index in [1.807, 2.05) is 72.5 Å². The highest BCUT2D eigenvalue weighted by molar-refractivity contribution is 5.96. The highest BCUT2D eigenvalue weighted by Gasteiger charge is 2.49. The molecule has 0 aromatic heterocycles. The van der Waals surface area contributed by atoms with Gasteiger partial charge < -0.3 is 42.3 Å². The van der Waals surface area contributed by atoms with E-state index < -0.39 is 42.0 Å². The first-order valence-corrected chi connectivity index (χ1v) is 18.3. The SMILES string of the molecule is CC1CC(NC(=O)C(Cc2ccccc2)NC(=O)C(N)Cc2ccccc2)C(=O)N1C(CCCCN)C(=O)N1C2CCC1CC(NCC(=O)O)C2. The highest BCUT2D eigenvalue weighted by atomic mass is 16.4. The summed E-state index contributed by atoms with van der Waals surface area (Å²) in [5, 5.41) is 18.0. The van der Waals surface area contributed by atoms with Gasteiger partial charge in [0.15, 0.2) is 0 Å². The number of carbonyl (C=O) groups excluding carboxylic acids is 4. The van der Waals surface area contributed by atoms with Crippen molar-refractivity contribution in [2.45, 2.75) is 119 Å². The summed E-state index contributed by atoms with van der Waals surface area (Å²) in [5.41, 5.74) is 13.8. The summed E-state index contributed by atoms with van der Waals surface area (Å²) in [7, 11) is 0. The van der Waals surface area contributed by atoms with E-state index in [0.29, 0.717) is 51.5 Å². The second kappa shape index (κ2) is 17.7. The van der Waals surface area contributed by atoms with Crippen LogP contribution in [0.4, 0.5) is 0 Å².